The van der Waals surface area contributed by atoms with E-state index in [1.54, 1.807) is 42.5 Å². The summed E-state index contributed by atoms with van der Waals surface area (Å²) in [5.74, 6) is -0.385. The van der Waals surface area contributed by atoms with E-state index in [-0.39, 0.29) is 23.8 Å². The van der Waals surface area contributed by atoms with Gasteiger partial charge in [-0.3, -0.25) is 19.7 Å². The monoisotopic (exact) mass is 530 g/mol. The van der Waals surface area contributed by atoms with Crippen LogP contribution in [0.1, 0.15) is 15.9 Å². The maximum absolute atomic E-state index is 12.1. The summed E-state index contributed by atoms with van der Waals surface area (Å²) >= 11 is 9.19. The van der Waals surface area contributed by atoms with Crippen LogP contribution >= 0.6 is 27.5 Å². The minimum Gasteiger partial charge on any atom is -0.483 e. The average molecular weight is 532 g/mol. The van der Waals surface area contributed by atoms with Crippen molar-refractivity contribution in [1.29, 1.82) is 0 Å². The molecule has 9 nitrogen and oxygen atoms in total. The van der Waals surface area contributed by atoms with Crippen molar-refractivity contribution in [3.63, 3.8) is 0 Å². The predicted octanol–water partition coefficient (Wildman–Crippen LogP) is 4.79. The number of nitro benzene ring substituents is 1. The summed E-state index contributed by atoms with van der Waals surface area (Å²) in [6.07, 6.45) is 1.42. The highest BCUT2D eigenvalue weighted by Crippen LogP contribution is 2.25. The maximum atomic E-state index is 12.1. The molecular weight excluding hydrogens is 516 g/mol. The maximum Gasteiger partial charge on any atom is 0.271 e. The first-order chi connectivity index (χ1) is 15.8. The zero-order valence-electron chi connectivity index (χ0n) is 16.8. The molecule has 0 bridgehead atoms. The Balaban J connectivity index is 1.51. The molecular formula is C22H16BrClN4O5. The smallest absolute Gasteiger partial charge is 0.271 e. The number of hydrazone groups is 1. The van der Waals surface area contributed by atoms with Crippen LogP contribution < -0.4 is 15.5 Å². The average Bonchev–Trinajstić information content (AvgIpc) is 2.80. The van der Waals surface area contributed by atoms with Gasteiger partial charge in [-0.15, -0.1) is 0 Å². The molecule has 0 heterocycles. The summed E-state index contributed by atoms with van der Waals surface area (Å²) in [6, 6.07) is 16.9. The number of carbonyl (C=O) groups is 2. The summed E-state index contributed by atoms with van der Waals surface area (Å²) in [6.45, 7) is -0.194. The number of rotatable bonds is 8. The normalized spacial score (nSPS) is 10.6. The number of non-ortho nitro benzene ring substituents is 1. The molecule has 2 N–H and O–H groups in total. The number of amides is 2. The lowest BCUT2D eigenvalue weighted by atomic mass is 10.2. The third kappa shape index (κ3) is 7.13. The Morgan fingerprint density at radius 1 is 1.09 bits per heavy atom. The van der Waals surface area contributed by atoms with Crippen molar-refractivity contribution in [2.75, 3.05) is 11.9 Å². The van der Waals surface area contributed by atoms with Crippen LogP contribution in [0.15, 0.2) is 76.3 Å². The van der Waals surface area contributed by atoms with Crippen molar-refractivity contribution in [1.82, 2.24) is 5.43 Å². The van der Waals surface area contributed by atoms with Crippen LogP contribution in [0.5, 0.6) is 5.75 Å². The lowest BCUT2D eigenvalue weighted by molar-refractivity contribution is -0.384. The Kier molecular flexibility index (Phi) is 8.11. The fourth-order valence-corrected chi connectivity index (χ4v) is 3.19. The van der Waals surface area contributed by atoms with Gasteiger partial charge in [0.1, 0.15) is 5.75 Å². The summed E-state index contributed by atoms with van der Waals surface area (Å²) in [5.41, 5.74) is 3.74. The van der Waals surface area contributed by atoms with E-state index in [1.807, 2.05) is 0 Å². The molecule has 3 aromatic rings. The predicted molar refractivity (Wildman–Crippen MR) is 128 cm³/mol. The molecule has 0 saturated carbocycles. The fraction of sp³-hybridized carbons (Fsp3) is 0.0455. The first kappa shape index (κ1) is 23.9. The first-order valence-electron chi connectivity index (χ1n) is 9.37. The zero-order valence-corrected chi connectivity index (χ0v) is 19.2. The van der Waals surface area contributed by atoms with Crippen molar-refractivity contribution in [3.05, 3.63) is 97.5 Å². The number of carbonyl (C=O) groups excluding carboxylic acids is 2. The number of halogens is 2. The van der Waals surface area contributed by atoms with Gasteiger partial charge in [-0.2, -0.15) is 5.10 Å². The third-order valence-electron chi connectivity index (χ3n) is 4.16. The lowest BCUT2D eigenvalue weighted by Crippen LogP contribution is -2.20. The Labute approximate surface area is 201 Å². The van der Waals surface area contributed by atoms with Gasteiger partial charge in [0.25, 0.3) is 17.5 Å². The van der Waals surface area contributed by atoms with Gasteiger partial charge >= 0.3 is 0 Å². The number of anilines is 1. The molecule has 2 amide bonds. The Bertz CT molecular complexity index is 1200. The van der Waals surface area contributed by atoms with Crippen LogP contribution in [0.2, 0.25) is 5.02 Å². The van der Waals surface area contributed by atoms with E-state index in [4.69, 9.17) is 16.3 Å². The van der Waals surface area contributed by atoms with Crippen LogP contribution in [0.25, 0.3) is 0 Å². The van der Waals surface area contributed by atoms with Gasteiger partial charge in [0, 0.05) is 28.4 Å². The number of ether oxygens (including phenoxy) is 1. The fourth-order valence-electron chi connectivity index (χ4n) is 2.55. The van der Waals surface area contributed by atoms with E-state index in [0.717, 1.165) is 0 Å². The Hall–Kier alpha value is -3.76. The first-order valence-corrected chi connectivity index (χ1v) is 10.5. The van der Waals surface area contributed by atoms with Gasteiger partial charge < -0.3 is 10.1 Å². The molecule has 0 aromatic heterocycles. The van der Waals surface area contributed by atoms with E-state index in [9.17, 15) is 19.7 Å². The van der Waals surface area contributed by atoms with E-state index in [2.05, 4.69) is 31.8 Å². The van der Waals surface area contributed by atoms with Gasteiger partial charge in [0.15, 0.2) is 6.61 Å². The van der Waals surface area contributed by atoms with E-state index in [1.165, 1.54) is 30.5 Å². The van der Waals surface area contributed by atoms with Gasteiger partial charge in [-0.05, 0) is 76.1 Å². The van der Waals surface area contributed by atoms with Crippen LogP contribution in [0.4, 0.5) is 11.4 Å². The molecule has 0 radical (unpaired) electrons. The van der Waals surface area contributed by atoms with E-state index >= 15 is 0 Å². The van der Waals surface area contributed by atoms with Gasteiger partial charge in [0.2, 0.25) is 0 Å². The molecule has 0 saturated heterocycles. The molecule has 0 spiro atoms. The number of hydrogen-bond acceptors (Lipinski definition) is 6. The van der Waals surface area contributed by atoms with Crippen molar-refractivity contribution in [2.45, 2.75) is 0 Å². The summed E-state index contributed by atoms with van der Waals surface area (Å²) in [7, 11) is 0. The second-order valence-electron chi connectivity index (χ2n) is 6.54. The second-order valence-corrected chi connectivity index (χ2v) is 7.83. The van der Waals surface area contributed by atoms with Crippen molar-refractivity contribution < 1.29 is 19.2 Å². The largest absolute Gasteiger partial charge is 0.483 e. The molecule has 0 unspecified atom stereocenters. The third-order valence-corrected chi connectivity index (χ3v) is 5.03. The Morgan fingerprint density at radius 3 is 2.42 bits per heavy atom. The molecule has 0 aliphatic heterocycles. The second kappa shape index (κ2) is 11.2. The number of benzene rings is 3. The topological polar surface area (TPSA) is 123 Å². The van der Waals surface area contributed by atoms with Crippen LogP contribution in [0, 0.1) is 10.1 Å². The van der Waals surface area contributed by atoms with Crippen molar-refractivity contribution in [3.8, 4) is 5.75 Å². The minimum atomic E-state index is -0.544. The highest BCUT2D eigenvalue weighted by Gasteiger charge is 2.09. The van der Waals surface area contributed by atoms with Crippen LogP contribution in [-0.2, 0) is 4.79 Å². The minimum absolute atomic E-state index is 0.107. The van der Waals surface area contributed by atoms with Gasteiger partial charge in [0.05, 0.1) is 15.6 Å². The number of nitro groups is 1. The van der Waals surface area contributed by atoms with Crippen molar-refractivity contribution >= 4 is 56.9 Å². The molecule has 0 aliphatic rings. The summed E-state index contributed by atoms with van der Waals surface area (Å²) < 4.78 is 6.12. The Morgan fingerprint density at radius 2 is 1.79 bits per heavy atom. The van der Waals surface area contributed by atoms with E-state index < -0.39 is 10.8 Å². The van der Waals surface area contributed by atoms with Crippen LogP contribution in [-0.4, -0.2) is 29.6 Å². The number of nitrogens with one attached hydrogen (secondary N) is 2. The van der Waals surface area contributed by atoms with Gasteiger partial charge in [-0.1, -0.05) is 11.6 Å². The van der Waals surface area contributed by atoms with Crippen LogP contribution in [0.3, 0.4) is 0 Å². The van der Waals surface area contributed by atoms with Gasteiger partial charge in [-0.25, -0.2) is 5.43 Å². The molecule has 168 valence electrons. The lowest BCUT2D eigenvalue weighted by Gasteiger charge is -2.09. The quantitative estimate of drug-likeness (QED) is 0.246. The molecule has 0 aliphatic carbocycles. The molecule has 3 aromatic carbocycles. The number of hydrogen-bond donors (Lipinski definition) is 2. The number of nitrogens with zero attached hydrogens (tertiary/aromatic N) is 2. The SMILES string of the molecule is O=C(COc1ccc(/C=N/NC(=O)c2ccc([N+](=O)[O-])cc2)cc1Br)Nc1ccc(Cl)cc1. The van der Waals surface area contributed by atoms with E-state index in [0.29, 0.717) is 26.5 Å². The summed E-state index contributed by atoms with van der Waals surface area (Å²) in [5, 5.41) is 17.8. The standard InChI is InChI=1S/C22H16BrClN4O5/c23-19-11-14(12-25-27-22(30)15-2-8-18(9-3-15)28(31)32)1-10-20(19)33-13-21(29)26-17-6-4-16(24)5-7-17/h1-12H,13H2,(H,26,29)(H,27,30)/b25-12+. The molecule has 11 heteroatoms. The highest BCUT2D eigenvalue weighted by atomic mass is 79.9. The zero-order chi connectivity index (χ0) is 23.8. The molecule has 0 fully saturated rings. The molecule has 0 atom stereocenters. The molecule has 3 rings (SSSR count). The van der Waals surface area contributed by atoms with Crippen molar-refractivity contribution in [2.24, 2.45) is 5.10 Å². The highest BCUT2D eigenvalue weighted by molar-refractivity contribution is 9.10. The summed E-state index contributed by atoms with van der Waals surface area (Å²) in [4.78, 5) is 34.2. The molecule has 33 heavy (non-hydrogen) atoms.